The van der Waals surface area contributed by atoms with E-state index in [-0.39, 0.29) is 0 Å². The molecule has 0 rings (SSSR count). The maximum absolute atomic E-state index is 8.48. The number of nitriles is 1. The average Bonchev–Trinajstić information content (AvgIpc) is 2.10. The quantitative estimate of drug-likeness (QED) is 0.307. The van der Waals surface area contributed by atoms with Crippen molar-refractivity contribution < 1.29 is 0 Å². The van der Waals surface area contributed by atoms with E-state index in [2.05, 4.69) is 34.9 Å². The van der Waals surface area contributed by atoms with Gasteiger partial charge in [-0.3, -0.25) is 0 Å². The van der Waals surface area contributed by atoms with Gasteiger partial charge >= 0.3 is 0 Å². The van der Waals surface area contributed by atoms with Crippen LogP contribution in [0.15, 0.2) is 0 Å². The topological polar surface area (TPSA) is 23.8 Å². The molecule has 0 fully saturated rings. The fraction of sp³-hybridized carbons (Fsp3) is 0.889. The Bertz CT molecular complexity index is 133. The molecule has 0 amide bonds. The highest BCUT2D eigenvalue weighted by molar-refractivity contribution is 14.1. The van der Waals surface area contributed by atoms with Gasteiger partial charge in [0.2, 0.25) is 0 Å². The highest BCUT2D eigenvalue weighted by Gasteiger charge is 2.05. The molecular weight excluding hydrogens is 281 g/mol. The smallest absolute Gasteiger partial charge is 0.133 e. The van der Waals surface area contributed by atoms with Gasteiger partial charge < -0.3 is 0 Å². The van der Waals surface area contributed by atoms with E-state index in [9.17, 15) is 0 Å². The molecule has 0 N–H and O–H groups in total. The van der Waals surface area contributed by atoms with E-state index < -0.39 is 0 Å². The van der Waals surface area contributed by atoms with E-state index >= 15 is 0 Å². The second kappa shape index (κ2) is 9.66. The monoisotopic (exact) mass is 297 g/mol. The number of hydrogen-bond donors (Lipinski definition) is 0. The Hall–Kier alpha value is 0.570. The lowest BCUT2D eigenvalue weighted by atomic mass is 10.1. The SMILES string of the molecule is CCCCCCC(CI)SC#N. The molecule has 1 atom stereocenters. The summed E-state index contributed by atoms with van der Waals surface area (Å²) in [6, 6.07) is 0. The zero-order valence-electron chi connectivity index (χ0n) is 7.55. The average molecular weight is 297 g/mol. The Morgan fingerprint density at radius 1 is 1.42 bits per heavy atom. The molecule has 0 radical (unpaired) electrons. The molecular formula is C9H16INS. The molecule has 1 nitrogen and oxygen atoms in total. The lowest BCUT2D eigenvalue weighted by molar-refractivity contribution is 0.635. The lowest BCUT2D eigenvalue weighted by Gasteiger charge is -2.07. The van der Waals surface area contributed by atoms with Crippen LogP contribution >= 0.6 is 34.4 Å². The highest BCUT2D eigenvalue weighted by Crippen LogP contribution is 2.19. The minimum Gasteiger partial charge on any atom is -0.185 e. The largest absolute Gasteiger partial charge is 0.185 e. The van der Waals surface area contributed by atoms with Crippen molar-refractivity contribution in [2.75, 3.05) is 4.43 Å². The maximum atomic E-state index is 8.48. The molecule has 0 heterocycles. The van der Waals surface area contributed by atoms with Crippen molar-refractivity contribution in [3.8, 4) is 5.40 Å². The van der Waals surface area contributed by atoms with Gasteiger partial charge in [-0.2, -0.15) is 5.26 Å². The van der Waals surface area contributed by atoms with Crippen LogP contribution < -0.4 is 0 Å². The molecule has 0 aromatic carbocycles. The molecule has 0 bridgehead atoms. The van der Waals surface area contributed by atoms with E-state index in [1.165, 1.54) is 43.9 Å². The molecule has 70 valence electrons. The first-order valence-electron chi connectivity index (χ1n) is 4.45. The second-order valence-electron chi connectivity index (χ2n) is 2.83. The van der Waals surface area contributed by atoms with Gasteiger partial charge in [0.25, 0.3) is 0 Å². The minimum absolute atomic E-state index is 0.562. The number of unbranched alkanes of at least 4 members (excludes halogenated alkanes) is 3. The molecule has 0 aliphatic rings. The fourth-order valence-electron chi connectivity index (χ4n) is 1.04. The molecule has 0 aromatic heterocycles. The van der Waals surface area contributed by atoms with Crippen molar-refractivity contribution in [1.29, 1.82) is 5.26 Å². The van der Waals surface area contributed by atoms with Crippen LogP contribution in [0.25, 0.3) is 0 Å². The Morgan fingerprint density at radius 2 is 2.17 bits per heavy atom. The summed E-state index contributed by atoms with van der Waals surface area (Å²) in [6.45, 7) is 2.22. The maximum Gasteiger partial charge on any atom is 0.133 e. The van der Waals surface area contributed by atoms with Crippen LogP contribution in [0.4, 0.5) is 0 Å². The van der Waals surface area contributed by atoms with Gasteiger partial charge in [0, 0.05) is 9.68 Å². The summed E-state index contributed by atoms with van der Waals surface area (Å²) in [5.41, 5.74) is 0. The zero-order valence-corrected chi connectivity index (χ0v) is 10.5. The van der Waals surface area contributed by atoms with Gasteiger partial charge in [0.15, 0.2) is 0 Å². The van der Waals surface area contributed by atoms with Crippen molar-refractivity contribution >= 4 is 34.4 Å². The predicted octanol–water partition coefficient (Wildman–Crippen LogP) is 3.97. The zero-order chi connectivity index (χ0) is 9.23. The number of alkyl halides is 1. The molecule has 12 heavy (non-hydrogen) atoms. The molecule has 0 aliphatic heterocycles. The minimum atomic E-state index is 0.562. The summed E-state index contributed by atoms with van der Waals surface area (Å²) in [6.07, 6.45) is 6.46. The summed E-state index contributed by atoms with van der Waals surface area (Å²) in [5, 5.41) is 11.2. The predicted molar refractivity (Wildman–Crippen MR) is 64.6 cm³/mol. The summed E-state index contributed by atoms with van der Waals surface area (Å²) < 4.78 is 1.10. The van der Waals surface area contributed by atoms with Crippen LogP contribution in [-0.2, 0) is 0 Å². The molecule has 0 aromatic rings. The summed E-state index contributed by atoms with van der Waals surface area (Å²) in [4.78, 5) is 0. The van der Waals surface area contributed by atoms with Crippen molar-refractivity contribution in [2.24, 2.45) is 0 Å². The molecule has 0 spiro atoms. The number of hydrogen-bond acceptors (Lipinski definition) is 2. The third kappa shape index (κ3) is 7.23. The first-order chi connectivity index (χ1) is 5.85. The number of nitrogens with zero attached hydrogens (tertiary/aromatic N) is 1. The van der Waals surface area contributed by atoms with Gasteiger partial charge in [-0.15, -0.1) is 0 Å². The Morgan fingerprint density at radius 3 is 2.67 bits per heavy atom. The molecule has 0 saturated heterocycles. The number of rotatable bonds is 7. The summed E-state index contributed by atoms with van der Waals surface area (Å²) in [7, 11) is 0. The van der Waals surface area contributed by atoms with Crippen LogP contribution in [0.1, 0.15) is 39.0 Å². The van der Waals surface area contributed by atoms with E-state index in [1.807, 2.05) is 0 Å². The summed E-state index contributed by atoms with van der Waals surface area (Å²) in [5.74, 6) is 0. The number of halogens is 1. The van der Waals surface area contributed by atoms with Crippen LogP contribution in [0.3, 0.4) is 0 Å². The van der Waals surface area contributed by atoms with Gasteiger partial charge in [-0.1, -0.05) is 55.2 Å². The third-order valence-corrected chi connectivity index (χ3v) is 4.27. The first kappa shape index (κ1) is 12.6. The van der Waals surface area contributed by atoms with E-state index in [0.717, 1.165) is 4.43 Å². The normalized spacial score (nSPS) is 12.4. The molecule has 1 unspecified atom stereocenters. The Kier molecular flexibility index (Phi) is 10.1. The van der Waals surface area contributed by atoms with Crippen molar-refractivity contribution in [2.45, 2.75) is 44.3 Å². The van der Waals surface area contributed by atoms with Crippen molar-refractivity contribution in [3.63, 3.8) is 0 Å². The molecule has 3 heteroatoms. The van der Waals surface area contributed by atoms with Crippen LogP contribution in [-0.4, -0.2) is 9.68 Å². The second-order valence-corrected chi connectivity index (χ2v) is 4.80. The Balaban J connectivity index is 3.26. The Labute approximate surface area is 93.4 Å². The van der Waals surface area contributed by atoms with E-state index in [0.29, 0.717) is 5.25 Å². The third-order valence-electron chi connectivity index (χ3n) is 1.77. The molecule has 0 saturated carbocycles. The van der Waals surface area contributed by atoms with Crippen LogP contribution in [0.5, 0.6) is 0 Å². The summed E-state index contributed by atoms with van der Waals surface area (Å²) >= 11 is 3.79. The first-order valence-corrected chi connectivity index (χ1v) is 6.86. The van der Waals surface area contributed by atoms with E-state index in [4.69, 9.17) is 5.26 Å². The van der Waals surface area contributed by atoms with Crippen LogP contribution in [0, 0.1) is 10.7 Å². The van der Waals surface area contributed by atoms with E-state index in [1.54, 1.807) is 0 Å². The number of thiocyanates is 1. The van der Waals surface area contributed by atoms with Gasteiger partial charge in [-0.05, 0) is 18.2 Å². The standard InChI is InChI=1S/C9H16INS/c1-2-3-4-5-6-9(7-10)12-8-11/h9H,2-7H2,1H3. The van der Waals surface area contributed by atoms with Crippen molar-refractivity contribution in [1.82, 2.24) is 0 Å². The van der Waals surface area contributed by atoms with Gasteiger partial charge in [0.05, 0.1) is 0 Å². The number of thioether (sulfide) groups is 1. The van der Waals surface area contributed by atoms with Crippen LogP contribution in [0.2, 0.25) is 0 Å². The van der Waals surface area contributed by atoms with Gasteiger partial charge in [0.1, 0.15) is 5.40 Å². The lowest BCUT2D eigenvalue weighted by Crippen LogP contribution is -2.02. The van der Waals surface area contributed by atoms with Crippen molar-refractivity contribution in [3.05, 3.63) is 0 Å². The molecule has 0 aliphatic carbocycles. The fourth-order valence-corrected chi connectivity index (χ4v) is 2.52. The van der Waals surface area contributed by atoms with Gasteiger partial charge in [-0.25, -0.2) is 0 Å². The highest BCUT2D eigenvalue weighted by atomic mass is 127.